The number of amidine groups is 1. The predicted molar refractivity (Wildman–Crippen MR) is 125 cm³/mol. The third-order valence-electron chi connectivity index (χ3n) is 5.86. The van der Waals surface area contributed by atoms with Crippen LogP contribution in [0.15, 0.2) is 35.6 Å². The lowest BCUT2D eigenvalue weighted by molar-refractivity contribution is -0.130. The van der Waals surface area contributed by atoms with Crippen molar-refractivity contribution in [3.63, 3.8) is 0 Å². The van der Waals surface area contributed by atoms with Gasteiger partial charge in [0.1, 0.15) is 17.1 Å². The quantitative estimate of drug-likeness (QED) is 0.689. The number of carbonyl (C=O) groups is 1. The minimum absolute atomic E-state index is 0.0147. The summed E-state index contributed by atoms with van der Waals surface area (Å²) in [6.45, 7) is 4.76. The number of rotatable bonds is 6. The number of amides is 1. The number of ether oxygens (including phenoxy) is 1. The van der Waals surface area contributed by atoms with Crippen LogP contribution in [-0.4, -0.2) is 51.4 Å². The van der Waals surface area contributed by atoms with Crippen LogP contribution in [0.5, 0.6) is 5.88 Å². The van der Waals surface area contributed by atoms with Gasteiger partial charge in [-0.2, -0.15) is 0 Å². The molecule has 4 rings (SSSR count). The Morgan fingerprint density at radius 2 is 2.18 bits per heavy atom. The lowest BCUT2D eigenvalue weighted by Gasteiger charge is -2.35. The fourth-order valence-corrected chi connectivity index (χ4v) is 5.24. The number of hydrogen-bond donors (Lipinski definition) is 1. The van der Waals surface area contributed by atoms with Crippen molar-refractivity contribution in [1.29, 1.82) is 0 Å². The number of carbonyl (C=O) groups excluding carboxylic acids is 1. The van der Waals surface area contributed by atoms with Crippen LogP contribution < -0.4 is 10.5 Å². The highest BCUT2D eigenvalue weighted by Gasteiger charge is 2.52. The molecule has 2 N–H and O–H groups in total. The molecule has 1 fully saturated rings. The van der Waals surface area contributed by atoms with E-state index in [4.69, 9.17) is 10.5 Å². The molecule has 10 heteroatoms. The number of benzene rings is 1. The van der Waals surface area contributed by atoms with Gasteiger partial charge in [0.15, 0.2) is 11.0 Å². The van der Waals surface area contributed by atoms with Crippen molar-refractivity contribution >= 4 is 34.7 Å². The van der Waals surface area contributed by atoms with Crippen molar-refractivity contribution in [2.45, 2.75) is 25.8 Å². The van der Waals surface area contributed by atoms with Gasteiger partial charge in [0.2, 0.25) is 11.8 Å². The standard InChI is InChI=1S/C23H25F2N5O2S/c1-3-21(31)30-11-15-12-33-22(26)29-23(15,13-30)16-7-14(5-6-17(16)24)8-18(25)19-9-28-20(10-27-19)32-4-2/h5-10,15H,3-4,11-13H2,1-2H3,(H2,26,29)/b18-8-/t15-,23-/m0/s1. The van der Waals surface area contributed by atoms with Crippen LogP contribution >= 0.6 is 11.8 Å². The van der Waals surface area contributed by atoms with Crippen molar-refractivity contribution in [1.82, 2.24) is 14.9 Å². The van der Waals surface area contributed by atoms with Crippen LogP contribution in [0.4, 0.5) is 8.78 Å². The Labute approximate surface area is 195 Å². The molecule has 1 saturated heterocycles. The average molecular weight is 474 g/mol. The van der Waals surface area contributed by atoms with E-state index in [-0.39, 0.29) is 24.1 Å². The number of halogens is 2. The first-order chi connectivity index (χ1) is 15.9. The number of fused-ring (bicyclic) bond motifs is 1. The van der Waals surface area contributed by atoms with Gasteiger partial charge in [-0.1, -0.05) is 24.8 Å². The third kappa shape index (κ3) is 4.57. The highest BCUT2D eigenvalue weighted by molar-refractivity contribution is 8.13. The summed E-state index contributed by atoms with van der Waals surface area (Å²) in [5.41, 5.74) is 5.83. The summed E-state index contributed by atoms with van der Waals surface area (Å²) in [5, 5.41) is 0.355. The number of thioether (sulfide) groups is 1. The predicted octanol–water partition coefficient (Wildman–Crippen LogP) is 3.61. The van der Waals surface area contributed by atoms with E-state index in [1.165, 1.54) is 42.4 Å². The number of likely N-dealkylation sites (tertiary alicyclic amines) is 1. The molecule has 1 amide bonds. The van der Waals surface area contributed by atoms with Gasteiger partial charge in [-0.15, -0.1) is 0 Å². The summed E-state index contributed by atoms with van der Waals surface area (Å²) in [7, 11) is 0. The summed E-state index contributed by atoms with van der Waals surface area (Å²) in [4.78, 5) is 26.8. The molecule has 3 heterocycles. The van der Waals surface area contributed by atoms with E-state index in [9.17, 15) is 9.18 Å². The van der Waals surface area contributed by atoms with Crippen molar-refractivity contribution in [3.8, 4) is 5.88 Å². The topological polar surface area (TPSA) is 93.7 Å². The number of hydrogen-bond acceptors (Lipinski definition) is 7. The molecule has 2 aliphatic rings. The minimum Gasteiger partial charge on any atom is -0.477 e. The SMILES string of the molecule is CCOc1cnc(/C(F)=C/c2ccc(F)c([C@]34CN(C(=O)CC)C[C@H]3CSC(N)=N4)c2)cn1. The lowest BCUT2D eigenvalue weighted by atomic mass is 9.81. The van der Waals surface area contributed by atoms with Gasteiger partial charge in [-0.3, -0.25) is 4.79 Å². The summed E-state index contributed by atoms with van der Waals surface area (Å²) in [6, 6.07) is 4.36. The van der Waals surface area contributed by atoms with Gasteiger partial charge in [0.25, 0.3) is 0 Å². The highest BCUT2D eigenvalue weighted by Crippen LogP contribution is 2.46. The minimum atomic E-state index is -0.997. The molecule has 2 aromatic rings. The summed E-state index contributed by atoms with van der Waals surface area (Å²) in [6.07, 6.45) is 4.26. The molecule has 0 radical (unpaired) electrons. The van der Waals surface area contributed by atoms with E-state index in [1.54, 1.807) is 17.9 Å². The van der Waals surface area contributed by atoms with Crippen LogP contribution in [0.3, 0.4) is 0 Å². The first-order valence-electron chi connectivity index (χ1n) is 10.7. The maximum Gasteiger partial charge on any atom is 0.232 e. The molecule has 1 aromatic heterocycles. The molecule has 2 aliphatic heterocycles. The Bertz CT molecular complexity index is 1110. The first kappa shape index (κ1) is 23.2. The van der Waals surface area contributed by atoms with Crippen LogP contribution in [0.25, 0.3) is 11.9 Å². The van der Waals surface area contributed by atoms with Crippen molar-refractivity contribution in [2.75, 3.05) is 25.4 Å². The molecular weight excluding hydrogens is 448 g/mol. The Hall–Kier alpha value is -3.01. The third-order valence-corrected chi connectivity index (χ3v) is 6.82. The maximum atomic E-state index is 15.1. The van der Waals surface area contributed by atoms with Gasteiger partial charge in [0.05, 0.1) is 25.5 Å². The van der Waals surface area contributed by atoms with Crippen molar-refractivity contribution < 1.29 is 18.3 Å². The Morgan fingerprint density at radius 3 is 2.88 bits per heavy atom. The van der Waals surface area contributed by atoms with Crippen LogP contribution in [0, 0.1) is 11.7 Å². The maximum absolute atomic E-state index is 15.1. The fourth-order valence-electron chi connectivity index (χ4n) is 4.26. The van der Waals surface area contributed by atoms with Gasteiger partial charge < -0.3 is 15.4 Å². The summed E-state index contributed by atoms with van der Waals surface area (Å²) in [5.74, 6) is -0.263. The van der Waals surface area contributed by atoms with Gasteiger partial charge in [-0.25, -0.2) is 23.7 Å². The van der Waals surface area contributed by atoms with E-state index in [2.05, 4.69) is 15.0 Å². The van der Waals surface area contributed by atoms with E-state index < -0.39 is 17.2 Å². The zero-order valence-corrected chi connectivity index (χ0v) is 19.2. The van der Waals surface area contributed by atoms with Crippen LogP contribution in [-0.2, 0) is 10.3 Å². The molecule has 1 aromatic carbocycles. The summed E-state index contributed by atoms with van der Waals surface area (Å²) < 4.78 is 35.2. The Morgan fingerprint density at radius 1 is 1.36 bits per heavy atom. The van der Waals surface area contributed by atoms with E-state index in [1.807, 2.05) is 6.92 Å². The summed E-state index contributed by atoms with van der Waals surface area (Å²) >= 11 is 1.40. The Kier molecular flexibility index (Phi) is 6.64. The average Bonchev–Trinajstić information content (AvgIpc) is 3.20. The second-order valence-electron chi connectivity index (χ2n) is 7.91. The molecule has 7 nitrogen and oxygen atoms in total. The molecule has 0 spiro atoms. The number of aromatic nitrogens is 2. The molecule has 0 unspecified atom stereocenters. The number of nitrogens with two attached hydrogens (primary N) is 1. The highest BCUT2D eigenvalue weighted by atomic mass is 32.2. The smallest absolute Gasteiger partial charge is 0.232 e. The van der Waals surface area contributed by atoms with Gasteiger partial charge >= 0.3 is 0 Å². The Balaban J connectivity index is 1.71. The largest absolute Gasteiger partial charge is 0.477 e. The molecular formula is C23H25F2N5O2S. The fraction of sp³-hybridized carbons (Fsp3) is 0.391. The van der Waals surface area contributed by atoms with E-state index in [0.717, 1.165) is 0 Å². The van der Waals surface area contributed by atoms with E-state index >= 15 is 4.39 Å². The van der Waals surface area contributed by atoms with Crippen molar-refractivity contribution in [2.24, 2.45) is 16.6 Å². The van der Waals surface area contributed by atoms with Crippen molar-refractivity contribution in [3.05, 3.63) is 53.2 Å². The molecule has 33 heavy (non-hydrogen) atoms. The van der Waals surface area contributed by atoms with E-state index in [0.29, 0.717) is 47.5 Å². The normalized spacial score (nSPS) is 22.7. The molecule has 2 atom stereocenters. The van der Waals surface area contributed by atoms with Gasteiger partial charge in [0, 0.05) is 30.2 Å². The number of nitrogens with zero attached hydrogens (tertiary/aromatic N) is 4. The van der Waals surface area contributed by atoms with Crippen LogP contribution in [0.2, 0.25) is 0 Å². The molecule has 174 valence electrons. The monoisotopic (exact) mass is 473 g/mol. The zero-order chi connectivity index (χ0) is 23.6. The van der Waals surface area contributed by atoms with Gasteiger partial charge in [-0.05, 0) is 30.7 Å². The second kappa shape index (κ2) is 9.46. The lowest BCUT2D eigenvalue weighted by Crippen LogP contribution is -2.41. The number of aliphatic imine (C=N–C) groups is 1. The van der Waals surface area contributed by atoms with Crippen LogP contribution in [0.1, 0.15) is 37.1 Å². The second-order valence-corrected chi connectivity index (χ2v) is 8.95. The molecule has 0 aliphatic carbocycles. The molecule has 0 bridgehead atoms. The zero-order valence-electron chi connectivity index (χ0n) is 18.4. The first-order valence-corrected chi connectivity index (χ1v) is 11.7. The molecule has 0 saturated carbocycles.